The molecular weight excluding hydrogens is 492 g/mol. The molecule has 2 aromatic heterocycles. The Morgan fingerprint density at radius 1 is 0.650 bits per heavy atom. The first-order chi connectivity index (χ1) is 19.0. The lowest BCUT2D eigenvalue weighted by Crippen LogP contribution is -2.24. The Morgan fingerprint density at radius 3 is 2.08 bits per heavy atom. The van der Waals surface area contributed by atoms with Gasteiger partial charge in [0.05, 0.1) is 11.1 Å². The van der Waals surface area contributed by atoms with E-state index in [1.165, 1.54) is 10.8 Å². The molecule has 0 aliphatic carbocycles. The van der Waals surface area contributed by atoms with E-state index in [2.05, 4.69) is 109 Å². The van der Waals surface area contributed by atoms with Gasteiger partial charge in [-0.3, -0.25) is 4.98 Å². The SMILES string of the molecule is Cc1c2c(cc3ccccc13)-c1nccc3c1c(cc1cccc(-c4nc(C(C)(C)C)nc(C(C)(C)C)n4)c13)O2. The predicted octanol–water partition coefficient (Wildman–Crippen LogP) is 9.07. The molecule has 6 aromatic rings. The summed E-state index contributed by atoms with van der Waals surface area (Å²) < 4.78 is 6.69. The molecule has 0 saturated heterocycles. The lowest BCUT2D eigenvalue weighted by atomic mass is 9.90. The van der Waals surface area contributed by atoms with Gasteiger partial charge in [-0.1, -0.05) is 84.0 Å². The van der Waals surface area contributed by atoms with Crippen LogP contribution >= 0.6 is 0 Å². The third-order valence-electron chi connectivity index (χ3n) is 7.78. The van der Waals surface area contributed by atoms with Crippen LogP contribution < -0.4 is 4.74 Å². The molecule has 0 atom stereocenters. The Balaban J connectivity index is 1.56. The number of benzene rings is 4. The van der Waals surface area contributed by atoms with E-state index < -0.39 is 0 Å². The molecule has 7 rings (SSSR count). The van der Waals surface area contributed by atoms with Crippen molar-refractivity contribution in [1.29, 1.82) is 0 Å². The van der Waals surface area contributed by atoms with Gasteiger partial charge in [0.1, 0.15) is 23.1 Å². The van der Waals surface area contributed by atoms with Crippen molar-refractivity contribution in [3.05, 3.63) is 84.1 Å². The molecule has 0 N–H and O–H groups in total. The number of aromatic nitrogens is 4. The van der Waals surface area contributed by atoms with Crippen LogP contribution in [0.2, 0.25) is 0 Å². The Labute approximate surface area is 234 Å². The van der Waals surface area contributed by atoms with Crippen molar-refractivity contribution < 1.29 is 4.74 Å². The fourth-order valence-corrected chi connectivity index (χ4v) is 5.69. The van der Waals surface area contributed by atoms with Gasteiger partial charge in [0.15, 0.2) is 5.82 Å². The maximum Gasteiger partial charge on any atom is 0.164 e. The molecule has 0 radical (unpaired) electrons. The molecule has 4 aromatic carbocycles. The standard InChI is InChI=1S/C35H32N4O/c1-19-22-13-9-8-11-20(22)17-25-29-28-23(15-16-36-29)27-21(18-26(28)40-30(19)25)12-10-14-24(27)31-37-32(34(2,3)4)39-33(38-31)35(5,6)7/h8-18H,1-7H3. The molecule has 1 aliphatic rings. The molecule has 0 bridgehead atoms. The topological polar surface area (TPSA) is 60.8 Å². The maximum absolute atomic E-state index is 6.69. The van der Waals surface area contributed by atoms with Crippen molar-refractivity contribution in [2.45, 2.75) is 59.3 Å². The second kappa shape index (κ2) is 8.31. The average molecular weight is 525 g/mol. The van der Waals surface area contributed by atoms with E-state index in [1.54, 1.807) is 0 Å². The van der Waals surface area contributed by atoms with Gasteiger partial charge in [0.25, 0.3) is 0 Å². The van der Waals surface area contributed by atoms with E-state index in [1.807, 2.05) is 6.20 Å². The highest BCUT2D eigenvalue weighted by atomic mass is 16.5. The molecule has 0 saturated carbocycles. The van der Waals surface area contributed by atoms with Crippen molar-refractivity contribution >= 4 is 32.3 Å². The molecule has 0 unspecified atom stereocenters. The average Bonchev–Trinajstić information content (AvgIpc) is 2.92. The van der Waals surface area contributed by atoms with E-state index in [9.17, 15) is 0 Å². The van der Waals surface area contributed by atoms with Gasteiger partial charge in [-0.15, -0.1) is 0 Å². The van der Waals surface area contributed by atoms with Crippen LogP contribution in [0.1, 0.15) is 58.8 Å². The number of ether oxygens (including phenoxy) is 1. The van der Waals surface area contributed by atoms with Gasteiger partial charge in [-0.2, -0.15) is 0 Å². The maximum atomic E-state index is 6.69. The van der Waals surface area contributed by atoms with Crippen molar-refractivity contribution in [2.24, 2.45) is 0 Å². The highest BCUT2D eigenvalue weighted by Gasteiger charge is 2.28. The summed E-state index contributed by atoms with van der Waals surface area (Å²) in [6.45, 7) is 15.0. The number of rotatable bonds is 1. The summed E-state index contributed by atoms with van der Waals surface area (Å²) in [6.07, 6.45) is 1.91. The molecule has 0 amide bonds. The number of aryl methyl sites for hydroxylation is 1. The van der Waals surface area contributed by atoms with Crippen LogP contribution in [0.4, 0.5) is 0 Å². The van der Waals surface area contributed by atoms with Crippen molar-refractivity contribution in [3.8, 4) is 34.1 Å². The van der Waals surface area contributed by atoms with E-state index in [4.69, 9.17) is 24.7 Å². The first-order valence-electron chi connectivity index (χ1n) is 13.8. The van der Waals surface area contributed by atoms with Gasteiger partial charge in [-0.05, 0) is 46.7 Å². The molecule has 3 heterocycles. The zero-order valence-corrected chi connectivity index (χ0v) is 24.0. The van der Waals surface area contributed by atoms with Crippen molar-refractivity contribution in [1.82, 2.24) is 19.9 Å². The molecule has 0 spiro atoms. The van der Waals surface area contributed by atoms with E-state index in [0.29, 0.717) is 5.82 Å². The monoisotopic (exact) mass is 524 g/mol. The summed E-state index contributed by atoms with van der Waals surface area (Å²) in [7, 11) is 0. The van der Waals surface area contributed by atoms with Gasteiger partial charge in [0.2, 0.25) is 0 Å². The highest BCUT2D eigenvalue weighted by Crippen LogP contribution is 2.51. The Hall–Kier alpha value is -4.38. The number of nitrogens with zero attached hydrogens (tertiary/aromatic N) is 4. The van der Waals surface area contributed by atoms with Crippen LogP contribution in [0.25, 0.3) is 55.0 Å². The quantitative estimate of drug-likeness (QED) is 0.200. The third kappa shape index (κ3) is 3.68. The largest absolute Gasteiger partial charge is 0.456 e. The van der Waals surface area contributed by atoms with Crippen LogP contribution in [0.5, 0.6) is 11.5 Å². The third-order valence-corrected chi connectivity index (χ3v) is 7.78. The number of hydrogen-bond donors (Lipinski definition) is 0. The molecule has 1 aliphatic heterocycles. The van der Waals surface area contributed by atoms with E-state index in [-0.39, 0.29) is 10.8 Å². The van der Waals surface area contributed by atoms with Crippen LogP contribution in [0.15, 0.2) is 66.9 Å². The summed E-state index contributed by atoms with van der Waals surface area (Å²) >= 11 is 0. The first-order valence-corrected chi connectivity index (χ1v) is 13.8. The minimum Gasteiger partial charge on any atom is -0.456 e. The minimum absolute atomic E-state index is 0.215. The molecular formula is C35H32N4O. The summed E-state index contributed by atoms with van der Waals surface area (Å²) in [5.74, 6) is 3.99. The van der Waals surface area contributed by atoms with Crippen LogP contribution in [-0.2, 0) is 10.8 Å². The van der Waals surface area contributed by atoms with Gasteiger partial charge >= 0.3 is 0 Å². The van der Waals surface area contributed by atoms with Gasteiger partial charge in [-0.25, -0.2) is 15.0 Å². The first kappa shape index (κ1) is 24.6. The van der Waals surface area contributed by atoms with E-state index >= 15 is 0 Å². The summed E-state index contributed by atoms with van der Waals surface area (Å²) in [5.41, 5.74) is 3.65. The van der Waals surface area contributed by atoms with Crippen molar-refractivity contribution in [2.75, 3.05) is 0 Å². The highest BCUT2D eigenvalue weighted by molar-refractivity contribution is 6.20. The zero-order valence-electron chi connectivity index (χ0n) is 24.0. The Kier molecular flexibility index (Phi) is 5.12. The zero-order chi connectivity index (χ0) is 28.0. The number of hydrogen-bond acceptors (Lipinski definition) is 5. The Morgan fingerprint density at radius 2 is 1.35 bits per heavy atom. The second-order valence-corrected chi connectivity index (χ2v) is 12.9. The summed E-state index contributed by atoms with van der Waals surface area (Å²) in [4.78, 5) is 19.9. The van der Waals surface area contributed by atoms with Crippen LogP contribution in [-0.4, -0.2) is 19.9 Å². The number of fused-ring (bicyclic) bond motifs is 5. The summed E-state index contributed by atoms with van der Waals surface area (Å²) in [6, 6.07) is 21.2. The van der Waals surface area contributed by atoms with Crippen LogP contribution in [0.3, 0.4) is 0 Å². The lowest BCUT2D eigenvalue weighted by Gasteiger charge is -2.25. The lowest BCUT2D eigenvalue weighted by molar-refractivity contribution is 0.484. The minimum atomic E-state index is -0.215. The summed E-state index contributed by atoms with van der Waals surface area (Å²) in [5, 5.41) is 6.65. The van der Waals surface area contributed by atoms with Gasteiger partial charge in [0, 0.05) is 39.1 Å². The molecule has 40 heavy (non-hydrogen) atoms. The Bertz CT molecular complexity index is 1980. The molecule has 5 nitrogen and oxygen atoms in total. The second-order valence-electron chi connectivity index (χ2n) is 12.9. The molecule has 198 valence electrons. The normalized spacial score (nSPS) is 13.1. The number of pyridine rings is 1. The fourth-order valence-electron chi connectivity index (χ4n) is 5.69. The predicted molar refractivity (Wildman–Crippen MR) is 163 cm³/mol. The van der Waals surface area contributed by atoms with Crippen molar-refractivity contribution in [3.63, 3.8) is 0 Å². The van der Waals surface area contributed by atoms with Crippen LogP contribution in [0, 0.1) is 6.92 Å². The molecule has 0 fully saturated rings. The smallest absolute Gasteiger partial charge is 0.164 e. The fraction of sp³-hybridized carbons (Fsp3) is 0.257. The van der Waals surface area contributed by atoms with E-state index in [0.717, 1.165) is 67.1 Å². The molecule has 5 heteroatoms. The van der Waals surface area contributed by atoms with Gasteiger partial charge < -0.3 is 4.74 Å².